The highest BCUT2D eigenvalue weighted by Gasteiger charge is 2.37. The number of amides is 1. The summed E-state index contributed by atoms with van der Waals surface area (Å²) in [6, 6.07) is 14.0. The van der Waals surface area contributed by atoms with Gasteiger partial charge in [-0.1, -0.05) is 19.3 Å². The molecule has 33 heavy (non-hydrogen) atoms. The first kappa shape index (κ1) is 22.2. The maximum atomic E-state index is 14.0. The minimum absolute atomic E-state index is 0.00799. The molecule has 2 fully saturated rings. The first-order valence-corrected chi connectivity index (χ1v) is 12.4. The van der Waals surface area contributed by atoms with E-state index in [1.54, 1.807) is 24.4 Å². The van der Waals surface area contributed by atoms with Crippen LogP contribution in [0.5, 0.6) is 0 Å². The zero-order valence-corrected chi connectivity index (χ0v) is 19.3. The number of carbonyl (C=O) groups excluding carboxylic acids is 1. The molecule has 0 radical (unpaired) electrons. The third kappa shape index (κ3) is 4.84. The number of benzene rings is 2. The number of anilines is 1. The standard InChI is InChI=1S/C26H28FN3O2S/c27-22-10-11-23(24-21(22)5-2-14-28-24)33-29-20-8-6-19(7-9-20)25(31)30-15-12-26(32,13-16-30)17-18-3-1-4-18/h2,5-11,14,18,29,32H,1,3-4,12-13,15-17H2. The summed E-state index contributed by atoms with van der Waals surface area (Å²) in [5.41, 5.74) is 1.50. The summed E-state index contributed by atoms with van der Waals surface area (Å²) < 4.78 is 17.3. The van der Waals surface area contributed by atoms with Gasteiger partial charge < -0.3 is 14.7 Å². The van der Waals surface area contributed by atoms with Crippen molar-refractivity contribution in [3.8, 4) is 0 Å². The van der Waals surface area contributed by atoms with Crippen LogP contribution in [0.3, 0.4) is 0 Å². The second-order valence-electron chi connectivity index (χ2n) is 9.24. The zero-order valence-electron chi connectivity index (χ0n) is 18.5. The Kier molecular flexibility index (Phi) is 6.25. The summed E-state index contributed by atoms with van der Waals surface area (Å²) in [7, 11) is 0. The molecule has 1 saturated carbocycles. The molecule has 0 spiro atoms. The van der Waals surface area contributed by atoms with Gasteiger partial charge in [-0.15, -0.1) is 0 Å². The van der Waals surface area contributed by atoms with Gasteiger partial charge in [-0.2, -0.15) is 0 Å². The average molecular weight is 466 g/mol. The van der Waals surface area contributed by atoms with Crippen molar-refractivity contribution in [2.75, 3.05) is 17.8 Å². The lowest BCUT2D eigenvalue weighted by Gasteiger charge is -2.41. The van der Waals surface area contributed by atoms with Crippen molar-refractivity contribution in [3.05, 3.63) is 66.1 Å². The molecule has 1 saturated heterocycles. The maximum Gasteiger partial charge on any atom is 0.253 e. The van der Waals surface area contributed by atoms with E-state index >= 15 is 0 Å². The number of aromatic nitrogens is 1. The third-order valence-corrected chi connectivity index (χ3v) is 7.85. The molecule has 172 valence electrons. The number of hydrogen-bond donors (Lipinski definition) is 2. The quantitative estimate of drug-likeness (QED) is 0.461. The van der Waals surface area contributed by atoms with E-state index in [1.807, 2.05) is 29.2 Å². The molecule has 1 aromatic heterocycles. The van der Waals surface area contributed by atoms with Crippen molar-refractivity contribution in [3.63, 3.8) is 0 Å². The largest absolute Gasteiger partial charge is 0.390 e. The van der Waals surface area contributed by atoms with Crippen LogP contribution in [0.25, 0.3) is 10.9 Å². The molecular formula is C26H28FN3O2S. The lowest BCUT2D eigenvalue weighted by Crippen LogP contribution is -2.47. The number of halogens is 1. The van der Waals surface area contributed by atoms with Crippen molar-refractivity contribution < 1.29 is 14.3 Å². The van der Waals surface area contributed by atoms with Crippen LogP contribution in [0.2, 0.25) is 0 Å². The maximum absolute atomic E-state index is 14.0. The van der Waals surface area contributed by atoms with Crippen molar-refractivity contribution in [2.24, 2.45) is 5.92 Å². The molecule has 2 N–H and O–H groups in total. The molecule has 2 heterocycles. The Bertz CT molecular complexity index is 1140. The van der Waals surface area contributed by atoms with Crippen LogP contribution in [0.1, 0.15) is 48.9 Å². The fraction of sp³-hybridized carbons (Fsp3) is 0.385. The summed E-state index contributed by atoms with van der Waals surface area (Å²) in [4.78, 5) is 19.9. The van der Waals surface area contributed by atoms with Gasteiger partial charge in [0.15, 0.2) is 0 Å². The Hall–Kier alpha value is -2.64. The summed E-state index contributed by atoms with van der Waals surface area (Å²) in [6.45, 7) is 1.20. The van der Waals surface area contributed by atoms with E-state index < -0.39 is 5.60 Å². The number of piperidine rings is 1. The molecular weight excluding hydrogens is 437 g/mol. The zero-order chi connectivity index (χ0) is 22.8. The normalized spacial score (nSPS) is 18.2. The number of aliphatic hydroxyl groups is 1. The molecule has 5 rings (SSSR count). The van der Waals surface area contributed by atoms with Gasteiger partial charge in [-0.3, -0.25) is 9.78 Å². The fourth-order valence-electron chi connectivity index (χ4n) is 4.74. The van der Waals surface area contributed by atoms with E-state index in [4.69, 9.17) is 0 Å². The van der Waals surface area contributed by atoms with E-state index in [2.05, 4.69) is 9.71 Å². The number of likely N-dealkylation sites (tertiary alicyclic amines) is 1. The Morgan fingerprint density at radius 1 is 1.15 bits per heavy atom. The lowest BCUT2D eigenvalue weighted by atomic mass is 9.74. The first-order valence-electron chi connectivity index (χ1n) is 11.6. The van der Waals surface area contributed by atoms with E-state index in [0.29, 0.717) is 48.3 Å². The molecule has 5 nitrogen and oxygen atoms in total. The number of rotatable bonds is 6. The highest BCUT2D eigenvalue weighted by Crippen LogP contribution is 2.38. The van der Waals surface area contributed by atoms with Crippen LogP contribution in [0, 0.1) is 11.7 Å². The van der Waals surface area contributed by atoms with E-state index in [1.165, 1.54) is 37.3 Å². The fourth-order valence-corrected chi connectivity index (χ4v) is 5.50. The molecule has 2 aliphatic rings. The minimum atomic E-state index is -0.605. The van der Waals surface area contributed by atoms with Gasteiger partial charge in [-0.05, 0) is 85.7 Å². The van der Waals surface area contributed by atoms with Crippen molar-refractivity contribution in [1.82, 2.24) is 9.88 Å². The molecule has 0 atom stereocenters. The Labute approximate surface area is 197 Å². The second kappa shape index (κ2) is 9.31. The summed E-state index contributed by atoms with van der Waals surface area (Å²) in [5.74, 6) is 0.386. The van der Waals surface area contributed by atoms with Crippen LogP contribution in [-0.2, 0) is 0 Å². The predicted octanol–water partition coefficient (Wildman–Crippen LogP) is 5.65. The Morgan fingerprint density at radius 2 is 1.91 bits per heavy atom. The van der Waals surface area contributed by atoms with Gasteiger partial charge in [-0.25, -0.2) is 4.39 Å². The first-order chi connectivity index (χ1) is 16.0. The molecule has 3 aromatic rings. The number of hydrogen-bond acceptors (Lipinski definition) is 5. The Balaban J connectivity index is 1.18. The Morgan fingerprint density at radius 3 is 2.61 bits per heavy atom. The molecule has 1 aliphatic carbocycles. The van der Waals surface area contributed by atoms with Gasteiger partial charge in [0.05, 0.1) is 16.0 Å². The van der Waals surface area contributed by atoms with E-state index in [0.717, 1.165) is 17.0 Å². The van der Waals surface area contributed by atoms with Crippen molar-refractivity contribution in [1.29, 1.82) is 0 Å². The van der Waals surface area contributed by atoms with Crippen LogP contribution < -0.4 is 4.72 Å². The van der Waals surface area contributed by atoms with Gasteiger partial charge >= 0.3 is 0 Å². The van der Waals surface area contributed by atoms with Gasteiger partial charge in [0, 0.05) is 35.9 Å². The van der Waals surface area contributed by atoms with Gasteiger partial charge in [0.2, 0.25) is 0 Å². The predicted molar refractivity (Wildman–Crippen MR) is 130 cm³/mol. The number of pyridine rings is 1. The molecule has 0 unspecified atom stereocenters. The third-order valence-electron chi connectivity index (χ3n) is 6.96. The smallest absolute Gasteiger partial charge is 0.253 e. The topological polar surface area (TPSA) is 65.5 Å². The van der Waals surface area contributed by atoms with E-state index in [-0.39, 0.29) is 11.7 Å². The molecule has 0 bridgehead atoms. The van der Waals surface area contributed by atoms with Crippen molar-refractivity contribution >= 4 is 34.4 Å². The van der Waals surface area contributed by atoms with E-state index in [9.17, 15) is 14.3 Å². The summed E-state index contributed by atoms with van der Waals surface area (Å²) in [5, 5.41) is 11.4. The summed E-state index contributed by atoms with van der Waals surface area (Å²) >= 11 is 1.36. The number of nitrogens with zero attached hydrogens (tertiary/aromatic N) is 2. The van der Waals surface area contributed by atoms with Crippen LogP contribution in [0.4, 0.5) is 10.1 Å². The second-order valence-corrected chi connectivity index (χ2v) is 10.1. The lowest BCUT2D eigenvalue weighted by molar-refractivity contribution is -0.0419. The highest BCUT2D eigenvalue weighted by atomic mass is 32.2. The van der Waals surface area contributed by atoms with Crippen molar-refractivity contribution in [2.45, 2.75) is 49.0 Å². The van der Waals surface area contributed by atoms with Gasteiger partial charge in [0.25, 0.3) is 5.91 Å². The van der Waals surface area contributed by atoms with Crippen LogP contribution in [0.15, 0.2) is 59.6 Å². The average Bonchev–Trinajstić information content (AvgIpc) is 2.82. The monoisotopic (exact) mass is 465 g/mol. The number of fused-ring (bicyclic) bond motifs is 1. The molecule has 1 aliphatic heterocycles. The minimum Gasteiger partial charge on any atom is -0.390 e. The highest BCUT2D eigenvalue weighted by molar-refractivity contribution is 8.00. The van der Waals surface area contributed by atoms with Crippen LogP contribution in [-0.4, -0.2) is 39.6 Å². The molecule has 7 heteroatoms. The number of nitrogens with one attached hydrogen (secondary N) is 1. The summed E-state index contributed by atoms with van der Waals surface area (Å²) in [6.07, 6.45) is 7.60. The number of carbonyl (C=O) groups is 1. The SMILES string of the molecule is O=C(c1ccc(NSc2ccc(F)c3cccnc23)cc1)N1CCC(O)(CC2CCC2)CC1. The van der Waals surface area contributed by atoms with Crippen LogP contribution >= 0.6 is 11.9 Å². The molecule has 1 amide bonds. The molecule has 2 aromatic carbocycles. The van der Waals surface area contributed by atoms with Gasteiger partial charge in [0.1, 0.15) is 5.82 Å².